The highest BCUT2D eigenvalue weighted by Gasteiger charge is 2.76. The number of amides is 3. The molecule has 0 radical (unpaired) electrons. The van der Waals surface area contributed by atoms with E-state index in [1.807, 2.05) is 72.8 Å². The van der Waals surface area contributed by atoms with Gasteiger partial charge in [-0.2, -0.15) is 0 Å². The highest BCUT2D eigenvalue weighted by molar-refractivity contribution is 6.05. The van der Waals surface area contributed by atoms with E-state index >= 15 is 9.59 Å². The number of hydrogen-bond acceptors (Lipinski definition) is 9. The number of hydrogen-bond donors (Lipinski definition) is 2. The molecule has 3 aromatic rings. The second-order valence-electron chi connectivity index (χ2n) is 15.1. The molecule has 12 nitrogen and oxygen atoms in total. The smallest absolute Gasteiger partial charge is 0.313 e. The first-order chi connectivity index (χ1) is 28.2. The zero-order valence-electron chi connectivity index (χ0n) is 33.7. The second-order valence-corrected chi connectivity index (χ2v) is 15.1. The number of allylic oxidation sites excluding steroid dienone is 1. The van der Waals surface area contributed by atoms with E-state index < -0.39 is 72.2 Å². The lowest BCUT2D eigenvalue weighted by Crippen LogP contribution is -2.57. The summed E-state index contributed by atoms with van der Waals surface area (Å²) in [5, 5.41) is 14.0. The summed E-state index contributed by atoms with van der Waals surface area (Å²) in [5.41, 5.74) is 1.50. The van der Waals surface area contributed by atoms with Crippen LogP contribution in [0.5, 0.6) is 0 Å². The molecule has 0 saturated carbocycles. The number of ether oxygens (including phenoxy) is 3. The standard InChI is InChI=1S/C46H56N4O8/c1-6-10-21-38(52)47-35(30-56-5)41(32-19-15-12-16-20-32)57-45(55)39-37-26-27-46(58-37)40(39)43(53)50(36(29-51)31-17-13-11-14-18-31)42(46)44(54)49(28-7-2)34-24-22-33(23-25-34)48(8-3)9-4/h6-7,11-20,22-25,35-37,39-42,51H,1-2,8-10,21,26-30H2,3-5H3,(H,47,52)/t35-,36-,37-,39+,40+,41-,42-,46+/m1/s1. The molecule has 2 bridgehead atoms. The molecule has 12 heteroatoms. The van der Waals surface area contributed by atoms with Crippen LogP contribution in [0.25, 0.3) is 0 Å². The van der Waals surface area contributed by atoms with Crippen molar-refractivity contribution >= 4 is 35.1 Å². The Morgan fingerprint density at radius 1 is 0.966 bits per heavy atom. The fourth-order valence-electron chi connectivity index (χ4n) is 9.16. The maximum absolute atomic E-state index is 15.3. The van der Waals surface area contributed by atoms with E-state index in [2.05, 4.69) is 37.2 Å². The van der Waals surface area contributed by atoms with Gasteiger partial charge < -0.3 is 39.3 Å². The lowest BCUT2D eigenvalue weighted by atomic mass is 9.70. The Morgan fingerprint density at radius 2 is 1.60 bits per heavy atom. The molecule has 0 unspecified atom stereocenters. The Bertz CT molecular complexity index is 1910. The summed E-state index contributed by atoms with van der Waals surface area (Å²) in [6.07, 6.45) is 3.02. The van der Waals surface area contributed by atoms with Crippen LogP contribution in [-0.4, -0.2) is 97.4 Å². The van der Waals surface area contributed by atoms with Gasteiger partial charge in [0, 0.05) is 44.5 Å². The lowest BCUT2D eigenvalue weighted by Gasteiger charge is -2.39. The number of anilines is 2. The van der Waals surface area contributed by atoms with E-state index in [4.69, 9.17) is 14.2 Å². The summed E-state index contributed by atoms with van der Waals surface area (Å²) in [5.74, 6) is -3.96. The number of benzene rings is 3. The second kappa shape index (κ2) is 19.0. The van der Waals surface area contributed by atoms with Gasteiger partial charge in [0.05, 0.1) is 43.2 Å². The van der Waals surface area contributed by atoms with Crippen LogP contribution < -0.4 is 15.1 Å². The molecular formula is C46H56N4O8. The molecule has 8 atom stereocenters. The van der Waals surface area contributed by atoms with Crippen molar-refractivity contribution in [2.75, 3.05) is 49.8 Å². The number of nitrogens with zero attached hydrogens (tertiary/aromatic N) is 3. The highest BCUT2D eigenvalue weighted by Crippen LogP contribution is 2.60. The van der Waals surface area contributed by atoms with Crippen LogP contribution in [0.3, 0.4) is 0 Å². The van der Waals surface area contributed by atoms with Crippen LogP contribution >= 0.6 is 0 Å². The quantitative estimate of drug-likeness (QED) is 0.112. The first kappa shape index (κ1) is 42.3. The topological polar surface area (TPSA) is 138 Å². The van der Waals surface area contributed by atoms with E-state index in [1.165, 1.54) is 12.0 Å². The minimum absolute atomic E-state index is 0.0399. The molecule has 3 heterocycles. The van der Waals surface area contributed by atoms with Gasteiger partial charge in [-0.25, -0.2) is 0 Å². The normalized spacial score (nSPS) is 23.4. The number of rotatable bonds is 20. The van der Waals surface area contributed by atoms with Gasteiger partial charge in [0.2, 0.25) is 11.8 Å². The van der Waals surface area contributed by atoms with Crippen LogP contribution in [0.4, 0.5) is 11.4 Å². The molecule has 58 heavy (non-hydrogen) atoms. The first-order valence-corrected chi connectivity index (χ1v) is 20.3. The molecule has 3 aromatic carbocycles. The largest absolute Gasteiger partial charge is 0.455 e. The average Bonchev–Trinajstić information content (AvgIpc) is 3.90. The van der Waals surface area contributed by atoms with Gasteiger partial charge in [-0.3, -0.25) is 19.2 Å². The van der Waals surface area contributed by atoms with Gasteiger partial charge in [0.1, 0.15) is 17.7 Å². The molecule has 3 amide bonds. The molecule has 3 fully saturated rings. The Balaban J connectivity index is 1.40. The van der Waals surface area contributed by atoms with Gasteiger partial charge in [-0.1, -0.05) is 72.8 Å². The molecular weight excluding hydrogens is 737 g/mol. The Labute approximate surface area is 341 Å². The Morgan fingerprint density at radius 3 is 2.19 bits per heavy atom. The summed E-state index contributed by atoms with van der Waals surface area (Å²) >= 11 is 0. The molecule has 2 N–H and O–H groups in total. The number of fused-ring (bicyclic) bond motifs is 1. The molecule has 3 aliphatic heterocycles. The summed E-state index contributed by atoms with van der Waals surface area (Å²) in [6, 6.07) is 23.0. The van der Waals surface area contributed by atoms with Crippen molar-refractivity contribution < 1.29 is 38.5 Å². The van der Waals surface area contributed by atoms with Gasteiger partial charge >= 0.3 is 5.97 Å². The van der Waals surface area contributed by atoms with Gasteiger partial charge in [-0.15, -0.1) is 13.2 Å². The zero-order valence-corrected chi connectivity index (χ0v) is 33.7. The molecule has 308 valence electrons. The van der Waals surface area contributed by atoms with Crippen molar-refractivity contribution in [1.29, 1.82) is 0 Å². The summed E-state index contributed by atoms with van der Waals surface area (Å²) in [6.45, 7) is 13.2. The monoisotopic (exact) mass is 792 g/mol. The fourth-order valence-corrected chi connectivity index (χ4v) is 9.16. The number of aliphatic hydroxyl groups is 1. The van der Waals surface area contributed by atoms with E-state index in [9.17, 15) is 14.7 Å². The third-order valence-corrected chi connectivity index (χ3v) is 11.8. The maximum atomic E-state index is 15.3. The predicted molar refractivity (Wildman–Crippen MR) is 222 cm³/mol. The van der Waals surface area contributed by atoms with Crippen molar-refractivity contribution in [1.82, 2.24) is 10.2 Å². The number of methoxy groups -OCH3 is 1. The molecule has 0 aliphatic carbocycles. The maximum Gasteiger partial charge on any atom is 0.313 e. The van der Waals surface area contributed by atoms with Crippen molar-refractivity contribution in [3.05, 3.63) is 121 Å². The minimum Gasteiger partial charge on any atom is -0.455 e. The van der Waals surface area contributed by atoms with Crippen LogP contribution in [0.1, 0.15) is 62.8 Å². The number of nitrogens with one attached hydrogen (secondary N) is 1. The van der Waals surface area contributed by atoms with Crippen molar-refractivity contribution in [2.24, 2.45) is 11.8 Å². The van der Waals surface area contributed by atoms with Gasteiger partial charge in [0.25, 0.3) is 5.91 Å². The highest BCUT2D eigenvalue weighted by atomic mass is 16.6. The Hall–Kier alpha value is -5.30. The van der Waals surface area contributed by atoms with Crippen molar-refractivity contribution in [3.8, 4) is 0 Å². The van der Waals surface area contributed by atoms with E-state index in [0.717, 1.165) is 18.8 Å². The number of aliphatic hydroxyl groups excluding tert-OH is 1. The third-order valence-electron chi connectivity index (χ3n) is 11.8. The Kier molecular flexibility index (Phi) is 13.8. The molecule has 3 saturated heterocycles. The molecule has 0 aromatic heterocycles. The van der Waals surface area contributed by atoms with Crippen molar-refractivity contribution in [2.45, 2.75) is 75.5 Å². The van der Waals surface area contributed by atoms with Crippen LogP contribution in [0.2, 0.25) is 0 Å². The predicted octanol–water partition coefficient (Wildman–Crippen LogP) is 5.54. The van der Waals surface area contributed by atoms with E-state index in [-0.39, 0.29) is 25.5 Å². The lowest BCUT2D eigenvalue weighted by molar-refractivity contribution is -0.163. The van der Waals surface area contributed by atoms with E-state index in [1.54, 1.807) is 29.2 Å². The van der Waals surface area contributed by atoms with Crippen molar-refractivity contribution in [3.63, 3.8) is 0 Å². The van der Waals surface area contributed by atoms with Gasteiger partial charge in [0.15, 0.2) is 0 Å². The average molecular weight is 793 g/mol. The first-order valence-electron chi connectivity index (χ1n) is 20.3. The molecule has 6 rings (SSSR count). The number of esters is 1. The van der Waals surface area contributed by atoms with E-state index in [0.29, 0.717) is 36.1 Å². The SMILES string of the molecule is C=CCCC(=O)N[C@H](COC)[C@H](OC(=O)[C@@H]1[C@H]2C(=O)N([C@H](CO)c3ccccc3)[C@H](C(=O)N(CC=C)c3ccc(N(CC)CC)cc3)[C@]23CC[C@H]1O3)c1ccccc1. The summed E-state index contributed by atoms with van der Waals surface area (Å²) < 4.78 is 18.7. The number of carbonyl (C=O) groups is 4. The van der Waals surface area contributed by atoms with Crippen LogP contribution in [-0.2, 0) is 33.4 Å². The van der Waals surface area contributed by atoms with Crippen LogP contribution in [0, 0.1) is 11.8 Å². The summed E-state index contributed by atoms with van der Waals surface area (Å²) in [7, 11) is 1.50. The third kappa shape index (κ3) is 8.18. The zero-order chi connectivity index (χ0) is 41.4. The minimum atomic E-state index is -1.39. The number of carbonyl (C=O) groups excluding carboxylic acids is 4. The van der Waals surface area contributed by atoms with Crippen LogP contribution in [0.15, 0.2) is 110 Å². The molecule has 3 aliphatic rings. The fraction of sp³-hybridized carbons (Fsp3) is 0.435. The summed E-state index contributed by atoms with van der Waals surface area (Å²) in [4.78, 5) is 63.5. The number of likely N-dealkylation sites (tertiary alicyclic amines) is 1. The molecule has 1 spiro atoms. The van der Waals surface area contributed by atoms with Gasteiger partial charge in [-0.05, 0) is 68.5 Å².